The molecule has 0 saturated heterocycles. The number of rotatable bonds is 8. The second kappa shape index (κ2) is 11.6. The molecule has 2 rings (SSSR count). The highest BCUT2D eigenvalue weighted by Gasteiger charge is 2.11. The Morgan fingerprint density at radius 3 is 2.03 bits per heavy atom. The van der Waals surface area contributed by atoms with Crippen LogP contribution >= 0.6 is 12.2 Å². The molecule has 0 radical (unpaired) electrons. The number of hydrogen-bond donors (Lipinski definition) is 3. The average molecular weight is 429 g/mol. The predicted molar refractivity (Wildman–Crippen MR) is 117 cm³/mol. The number of nitrogens with one attached hydrogen (secondary N) is 3. The van der Waals surface area contributed by atoms with Crippen molar-refractivity contribution in [1.29, 1.82) is 0 Å². The zero-order valence-electron chi connectivity index (χ0n) is 16.7. The average Bonchev–Trinajstić information content (AvgIpc) is 2.76. The molecule has 2 aromatic rings. The molecule has 8 nitrogen and oxygen atoms in total. The Morgan fingerprint density at radius 1 is 0.867 bits per heavy atom. The zero-order chi connectivity index (χ0) is 21.9. The first-order valence-corrected chi connectivity index (χ1v) is 9.53. The molecule has 0 saturated carbocycles. The summed E-state index contributed by atoms with van der Waals surface area (Å²) in [5.41, 5.74) is 1.82. The van der Waals surface area contributed by atoms with E-state index in [4.69, 9.17) is 17.0 Å². The second-order valence-electron chi connectivity index (χ2n) is 6.16. The van der Waals surface area contributed by atoms with E-state index in [1.165, 1.54) is 31.4 Å². The fraction of sp³-hybridized carbons (Fsp3) is 0.238. The largest absolute Gasteiger partial charge is 0.465 e. The van der Waals surface area contributed by atoms with E-state index in [-0.39, 0.29) is 11.0 Å². The molecule has 0 aliphatic rings. The normalized spacial score (nSPS) is 10.1. The van der Waals surface area contributed by atoms with Crippen molar-refractivity contribution in [3.8, 4) is 0 Å². The van der Waals surface area contributed by atoms with Crippen LogP contribution in [0.4, 0.5) is 5.69 Å². The standard InChI is InChI=1S/C21H23N3O5S/c1-28-13-3-12-22-18(25)14-8-10-17(11-9-14)23-21(30)24-19(26)15-4-6-16(7-5-15)20(27)29-2/h4-11H,3,12-13H2,1-2H3,(H,22,25)(H2,23,24,26,30). The van der Waals surface area contributed by atoms with Crippen molar-refractivity contribution in [2.75, 3.05) is 32.7 Å². The third-order valence-corrected chi connectivity index (χ3v) is 4.22. The molecule has 0 heterocycles. The lowest BCUT2D eigenvalue weighted by Crippen LogP contribution is -2.34. The minimum atomic E-state index is -0.480. The number of benzene rings is 2. The Hall–Kier alpha value is -3.30. The van der Waals surface area contributed by atoms with Crippen LogP contribution in [-0.4, -0.2) is 50.3 Å². The lowest BCUT2D eigenvalue weighted by molar-refractivity contribution is 0.0600. The van der Waals surface area contributed by atoms with Gasteiger partial charge in [0.25, 0.3) is 11.8 Å². The molecule has 0 aromatic heterocycles. The molecular formula is C21H23N3O5S. The maximum Gasteiger partial charge on any atom is 0.337 e. The molecule has 0 fully saturated rings. The van der Waals surface area contributed by atoms with Gasteiger partial charge >= 0.3 is 5.97 Å². The summed E-state index contributed by atoms with van der Waals surface area (Å²) in [5.74, 6) is -1.08. The van der Waals surface area contributed by atoms with Crippen molar-refractivity contribution in [1.82, 2.24) is 10.6 Å². The first kappa shape index (κ1) is 23.0. The van der Waals surface area contributed by atoms with Crippen LogP contribution in [-0.2, 0) is 9.47 Å². The molecule has 0 aliphatic heterocycles. The Bertz CT molecular complexity index is 898. The van der Waals surface area contributed by atoms with Gasteiger partial charge in [-0.25, -0.2) is 4.79 Å². The Morgan fingerprint density at radius 2 is 1.43 bits per heavy atom. The van der Waals surface area contributed by atoms with Crippen LogP contribution in [0.15, 0.2) is 48.5 Å². The van der Waals surface area contributed by atoms with Gasteiger partial charge < -0.3 is 20.1 Å². The van der Waals surface area contributed by atoms with Gasteiger partial charge in [0.2, 0.25) is 0 Å². The Labute approximate surface area is 179 Å². The molecule has 0 spiro atoms. The van der Waals surface area contributed by atoms with E-state index >= 15 is 0 Å². The van der Waals surface area contributed by atoms with Crippen LogP contribution in [0.25, 0.3) is 0 Å². The van der Waals surface area contributed by atoms with Crippen molar-refractivity contribution in [2.45, 2.75) is 6.42 Å². The van der Waals surface area contributed by atoms with E-state index in [1.807, 2.05) is 0 Å². The summed E-state index contributed by atoms with van der Waals surface area (Å²) >= 11 is 5.16. The SMILES string of the molecule is COCCCNC(=O)c1ccc(NC(=S)NC(=O)c2ccc(C(=O)OC)cc2)cc1. The topological polar surface area (TPSA) is 106 Å². The summed E-state index contributed by atoms with van der Waals surface area (Å²) < 4.78 is 9.56. The fourth-order valence-corrected chi connectivity index (χ4v) is 2.65. The lowest BCUT2D eigenvalue weighted by Gasteiger charge is -2.11. The third kappa shape index (κ3) is 6.94. The number of ether oxygens (including phenoxy) is 2. The smallest absolute Gasteiger partial charge is 0.337 e. The summed E-state index contributed by atoms with van der Waals surface area (Å²) in [4.78, 5) is 35.8. The minimum absolute atomic E-state index is 0.105. The molecule has 3 N–H and O–H groups in total. The van der Waals surface area contributed by atoms with E-state index in [1.54, 1.807) is 31.4 Å². The van der Waals surface area contributed by atoms with Gasteiger partial charge in [0.1, 0.15) is 0 Å². The molecule has 2 amide bonds. The van der Waals surface area contributed by atoms with E-state index < -0.39 is 11.9 Å². The van der Waals surface area contributed by atoms with Crippen molar-refractivity contribution in [2.24, 2.45) is 0 Å². The predicted octanol–water partition coefficient (Wildman–Crippen LogP) is 2.37. The second-order valence-corrected chi connectivity index (χ2v) is 6.57. The van der Waals surface area contributed by atoms with Crippen molar-refractivity contribution >= 4 is 40.8 Å². The Balaban J connectivity index is 1.86. The summed E-state index contributed by atoms with van der Waals surface area (Å²) in [6.45, 7) is 1.12. The van der Waals surface area contributed by atoms with E-state index in [0.717, 1.165) is 6.42 Å². The van der Waals surface area contributed by atoms with Gasteiger partial charge in [-0.1, -0.05) is 0 Å². The third-order valence-electron chi connectivity index (χ3n) is 4.01. The highest BCUT2D eigenvalue weighted by atomic mass is 32.1. The first-order valence-electron chi connectivity index (χ1n) is 9.12. The summed E-state index contributed by atoms with van der Waals surface area (Å²) in [6.07, 6.45) is 0.737. The monoisotopic (exact) mass is 429 g/mol. The number of esters is 1. The Kier molecular flexibility index (Phi) is 8.92. The lowest BCUT2D eigenvalue weighted by atomic mass is 10.1. The molecule has 0 bridgehead atoms. The van der Waals surface area contributed by atoms with Gasteiger partial charge in [-0.05, 0) is 67.2 Å². The highest BCUT2D eigenvalue weighted by Crippen LogP contribution is 2.10. The fourth-order valence-electron chi connectivity index (χ4n) is 2.44. The van der Waals surface area contributed by atoms with Crippen molar-refractivity contribution < 1.29 is 23.9 Å². The maximum absolute atomic E-state index is 12.3. The maximum atomic E-state index is 12.3. The van der Waals surface area contributed by atoms with Gasteiger partial charge in [-0.15, -0.1) is 0 Å². The summed E-state index contributed by atoms with van der Waals surface area (Å²) in [7, 11) is 2.90. The first-order chi connectivity index (χ1) is 14.4. The molecule has 2 aromatic carbocycles. The summed E-state index contributed by atoms with van der Waals surface area (Å²) in [6, 6.07) is 12.7. The van der Waals surface area contributed by atoms with Crippen LogP contribution in [0.1, 0.15) is 37.5 Å². The molecule has 9 heteroatoms. The van der Waals surface area contributed by atoms with Crippen LogP contribution in [0, 0.1) is 0 Å². The van der Waals surface area contributed by atoms with Crippen LogP contribution in [0.5, 0.6) is 0 Å². The number of anilines is 1. The van der Waals surface area contributed by atoms with Gasteiger partial charge in [0, 0.05) is 37.1 Å². The molecule has 0 unspecified atom stereocenters. The highest BCUT2D eigenvalue weighted by molar-refractivity contribution is 7.80. The zero-order valence-corrected chi connectivity index (χ0v) is 17.5. The molecular weight excluding hydrogens is 406 g/mol. The number of carbonyl (C=O) groups is 3. The van der Waals surface area contributed by atoms with Crippen LogP contribution < -0.4 is 16.0 Å². The number of amides is 2. The van der Waals surface area contributed by atoms with E-state index in [2.05, 4.69) is 20.7 Å². The number of carbonyl (C=O) groups excluding carboxylic acids is 3. The minimum Gasteiger partial charge on any atom is -0.465 e. The van der Waals surface area contributed by atoms with Crippen molar-refractivity contribution in [3.63, 3.8) is 0 Å². The van der Waals surface area contributed by atoms with Gasteiger partial charge in [-0.3, -0.25) is 14.9 Å². The molecule has 0 atom stereocenters. The molecule has 30 heavy (non-hydrogen) atoms. The quantitative estimate of drug-likeness (QED) is 0.336. The number of thiocarbonyl (C=S) groups is 1. The summed E-state index contributed by atoms with van der Waals surface area (Å²) in [5, 5.41) is 8.35. The van der Waals surface area contributed by atoms with Gasteiger partial charge in [0.05, 0.1) is 12.7 Å². The van der Waals surface area contributed by atoms with E-state index in [0.29, 0.717) is 35.5 Å². The van der Waals surface area contributed by atoms with E-state index in [9.17, 15) is 14.4 Å². The molecule has 158 valence electrons. The number of methoxy groups -OCH3 is 2. The van der Waals surface area contributed by atoms with Gasteiger partial charge in [-0.2, -0.15) is 0 Å². The van der Waals surface area contributed by atoms with Crippen LogP contribution in [0.2, 0.25) is 0 Å². The number of hydrogen-bond acceptors (Lipinski definition) is 6. The van der Waals surface area contributed by atoms with Crippen molar-refractivity contribution in [3.05, 3.63) is 65.2 Å². The molecule has 0 aliphatic carbocycles. The van der Waals surface area contributed by atoms with Crippen LogP contribution in [0.3, 0.4) is 0 Å². The van der Waals surface area contributed by atoms with Gasteiger partial charge in [0.15, 0.2) is 5.11 Å².